The summed E-state index contributed by atoms with van der Waals surface area (Å²) in [5, 5.41) is 17.2. The zero-order valence-electron chi connectivity index (χ0n) is 6.79. The number of hydrogen-bond donors (Lipinski definition) is 2. The topological polar surface area (TPSA) is 74.6 Å². The highest BCUT2D eigenvalue weighted by molar-refractivity contribution is 5.97. The van der Waals surface area contributed by atoms with Crippen molar-refractivity contribution in [2.45, 2.75) is 20.8 Å². The second-order valence-corrected chi connectivity index (χ2v) is 2.97. The monoisotopic (exact) mass is 186 g/mol. The minimum absolute atomic E-state index is 0. The first-order chi connectivity index (χ1) is 4.83. The summed E-state index contributed by atoms with van der Waals surface area (Å²) in [7, 11) is 0. The number of aliphatic carboxylic acids is 2. The van der Waals surface area contributed by atoms with Crippen molar-refractivity contribution in [3.63, 3.8) is 0 Å². The van der Waals surface area contributed by atoms with Crippen molar-refractivity contribution in [1.82, 2.24) is 0 Å². The molecule has 0 radical (unpaired) electrons. The molecule has 0 saturated carbocycles. The maximum absolute atomic E-state index is 10.5. The summed E-state index contributed by atoms with van der Waals surface area (Å²) in [6.07, 6.45) is 0. The third kappa shape index (κ3) is 2.35. The molecule has 68 valence electrons. The van der Waals surface area contributed by atoms with Crippen molar-refractivity contribution in [1.29, 1.82) is 0 Å². The predicted molar refractivity (Wildman–Crippen MR) is 46.8 cm³/mol. The van der Waals surface area contributed by atoms with Crippen LogP contribution in [0.25, 0.3) is 0 Å². The Morgan fingerprint density at radius 1 is 1.17 bits per heavy atom. The summed E-state index contributed by atoms with van der Waals surface area (Å²) in [4.78, 5) is 21.0. The van der Waals surface area contributed by atoms with Gasteiger partial charge in [0.2, 0.25) is 0 Å². The number of carboxylic acids is 2. The van der Waals surface area contributed by atoms with Crippen molar-refractivity contribution in [2.24, 2.45) is 11.3 Å². The summed E-state index contributed by atoms with van der Waals surface area (Å²) >= 11 is 0. The van der Waals surface area contributed by atoms with Crippen LogP contribution in [-0.4, -0.2) is 45.2 Å². The van der Waals surface area contributed by atoms with Crippen molar-refractivity contribution < 1.29 is 19.8 Å². The quantitative estimate of drug-likeness (QED) is 0.477. The molecule has 0 rings (SSSR count). The van der Waals surface area contributed by atoms with Crippen molar-refractivity contribution in [3.05, 3.63) is 0 Å². The summed E-state index contributed by atoms with van der Waals surface area (Å²) in [6, 6.07) is 0. The van der Waals surface area contributed by atoms with Gasteiger partial charge in [-0.1, -0.05) is 13.8 Å². The Balaban J connectivity index is 0. The molecular weight excluding hydrogens is 172 g/mol. The van der Waals surface area contributed by atoms with Crippen LogP contribution in [0.1, 0.15) is 20.8 Å². The predicted octanol–water partition coefficient (Wildman–Crippen LogP) is -0.0983. The lowest BCUT2D eigenvalue weighted by molar-refractivity contribution is -0.166. The van der Waals surface area contributed by atoms with E-state index in [0.717, 1.165) is 0 Å². The molecule has 4 nitrogen and oxygen atoms in total. The lowest BCUT2D eigenvalue weighted by Gasteiger charge is -2.23. The van der Waals surface area contributed by atoms with Gasteiger partial charge < -0.3 is 10.2 Å². The zero-order valence-corrected chi connectivity index (χ0v) is 6.79. The highest BCUT2D eigenvalue weighted by Crippen LogP contribution is 2.27. The van der Waals surface area contributed by atoms with Crippen LogP contribution in [0.2, 0.25) is 0 Å². The van der Waals surface area contributed by atoms with Crippen LogP contribution in [0.15, 0.2) is 0 Å². The fourth-order valence-corrected chi connectivity index (χ4v) is 0.585. The Bertz CT molecular complexity index is 174. The molecule has 2 N–H and O–H groups in total. The Labute approximate surface area is 87.1 Å². The van der Waals surface area contributed by atoms with Crippen molar-refractivity contribution >= 4 is 35.0 Å². The zero-order chi connectivity index (χ0) is 9.23. The number of carbonyl (C=O) groups is 2. The van der Waals surface area contributed by atoms with Crippen LogP contribution in [0.3, 0.4) is 0 Å². The van der Waals surface area contributed by atoms with E-state index < -0.39 is 23.3 Å². The maximum atomic E-state index is 10.5. The molecule has 0 aliphatic heterocycles. The van der Waals surface area contributed by atoms with Gasteiger partial charge in [-0.05, 0) is 12.8 Å². The second-order valence-electron chi connectivity index (χ2n) is 2.97. The van der Waals surface area contributed by atoms with Gasteiger partial charge in [0.1, 0.15) is 0 Å². The molecule has 0 aliphatic rings. The summed E-state index contributed by atoms with van der Waals surface area (Å²) in [5.74, 6) is -3.00. The van der Waals surface area contributed by atoms with Crippen LogP contribution >= 0.6 is 0 Å². The molecule has 0 heterocycles. The van der Waals surface area contributed by atoms with Gasteiger partial charge in [-0.3, -0.25) is 9.59 Å². The largest absolute Gasteiger partial charge is 0.480 e. The minimum Gasteiger partial charge on any atom is -0.480 e. The Morgan fingerprint density at radius 3 is 1.42 bits per heavy atom. The molecule has 12 heavy (non-hydrogen) atoms. The minimum atomic E-state index is -1.67. The molecule has 5 heteroatoms. The van der Waals surface area contributed by atoms with Gasteiger partial charge >= 0.3 is 35.0 Å². The standard InChI is InChI=1S/C7H12O4.Mg.2H/c1-4(2)7(3,5(8)9)6(10)11;;;/h4H,1-3H3,(H,8,9)(H,10,11);;;. The van der Waals surface area contributed by atoms with Crippen molar-refractivity contribution in [2.75, 3.05) is 0 Å². The number of carboxylic acid groups (broad SMARTS) is 2. The molecular formula is C7H14MgO4. The van der Waals surface area contributed by atoms with Gasteiger partial charge in [-0.15, -0.1) is 0 Å². The molecule has 0 aromatic heterocycles. The van der Waals surface area contributed by atoms with Gasteiger partial charge in [-0.25, -0.2) is 0 Å². The van der Waals surface area contributed by atoms with E-state index >= 15 is 0 Å². The molecule has 0 unspecified atom stereocenters. The third-order valence-corrected chi connectivity index (χ3v) is 2.04. The van der Waals surface area contributed by atoms with E-state index in [4.69, 9.17) is 10.2 Å². The highest BCUT2D eigenvalue weighted by Gasteiger charge is 2.44. The summed E-state index contributed by atoms with van der Waals surface area (Å²) < 4.78 is 0. The average Bonchev–Trinajstić information content (AvgIpc) is 1.84. The Hall–Kier alpha value is -0.294. The molecule has 0 amide bonds. The maximum Gasteiger partial charge on any atom is 0.321 e. The molecule has 0 spiro atoms. The van der Waals surface area contributed by atoms with E-state index in [0.29, 0.717) is 0 Å². The van der Waals surface area contributed by atoms with Gasteiger partial charge in [0, 0.05) is 0 Å². The van der Waals surface area contributed by atoms with E-state index in [-0.39, 0.29) is 23.1 Å². The first-order valence-electron chi connectivity index (χ1n) is 3.30. The Morgan fingerprint density at radius 2 is 1.42 bits per heavy atom. The van der Waals surface area contributed by atoms with E-state index in [9.17, 15) is 9.59 Å². The van der Waals surface area contributed by atoms with Gasteiger partial charge in [0.15, 0.2) is 5.41 Å². The lowest BCUT2D eigenvalue weighted by Crippen LogP contribution is -2.40. The molecule has 0 aliphatic carbocycles. The molecule has 0 fully saturated rings. The smallest absolute Gasteiger partial charge is 0.321 e. The summed E-state index contributed by atoms with van der Waals surface area (Å²) in [5.41, 5.74) is -1.67. The van der Waals surface area contributed by atoms with Crippen LogP contribution in [0.4, 0.5) is 0 Å². The molecule has 0 aromatic carbocycles. The molecule has 0 saturated heterocycles. The van der Waals surface area contributed by atoms with Crippen LogP contribution in [0, 0.1) is 11.3 Å². The second kappa shape index (κ2) is 4.66. The van der Waals surface area contributed by atoms with Crippen LogP contribution in [0.5, 0.6) is 0 Å². The highest BCUT2D eigenvalue weighted by atomic mass is 24.3. The van der Waals surface area contributed by atoms with Crippen LogP contribution in [-0.2, 0) is 9.59 Å². The lowest BCUT2D eigenvalue weighted by atomic mass is 9.79. The van der Waals surface area contributed by atoms with Gasteiger partial charge in [0.25, 0.3) is 0 Å². The third-order valence-electron chi connectivity index (χ3n) is 2.04. The van der Waals surface area contributed by atoms with E-state index in [1.54, 1.807) is 13.8 Å². The molecule has 0 atom stereocenters. The SMILES string of the molecule is CC(C)C(C)(C(=O)O)C(=O)O.[MgH2]. The number of rotatable bonds is 3. The molecule has 0 bridgehead atoms. The normalized spacial score (nSPS) is 10.7. The fraction of sp³-hybridized carbons (Fsp3) is 0.714. The van der Waals surface area contributed by atoms with E-state index in [1.165, 1.54) is 6.92 Å². The van der Waals surface area contributed by atoms with E-state index in [1.807, 2.05) is 0 Å². The number of hydrogen-bond acceptors (Lipinski definition) is 2. The molecule has 0 aromatic rings. The average molecular weight is 186 g/mol. The first kappa shape index (κ1) is 14.2. The summed E-state index contributed by atoms with van der Waals surface area (Å²) in [6.45, 7) is 4.35. The van der Waals surface area contributed by atoms with E-state index in [2.05, 4.69) is 0 Å². The van der Waals surface area contributed by atoms with Gasteiger partial charge in [-0.2, -0.15) is 0 Å². The fourth-order valence-electron chi connectivity index (χ4n) is 0.585. The van der Waals surface area contributed by atoms with Crippen LogP contribution < -0.4 is 0 Å². The Kier molecular flexibility index (Phi) is 5.54. The van der Waals surface area contributed by atoms with Gasteiger partial charge in [0.05, 0.1) is 0 Å². The van der Waals surface area contributed by atoms with Crippen molar-refractivity contribution in [3.8, 4) is 0 Å². The first-order valence-corrected chi connectivity index (χ1v) is 3.30.